The normalized spacial score (nSPS) is 10.0. The van der Waals surface area contributed by atoms with Gasteiger partial charge in [0, 0.05) is 23.0 Å². The summed E-state index contributed by atoms with van der Waals surface area (Å²) in [4.78, 5) is 11.3. The van der Waals surface area contributed by atoms with Crippen LogP contribution in [0.2, 0.25) is 0 Å². The van der Waals surface area contributed by atoms with E-state index >= 15 is 0 Å². The van der Waals surface area contributed by atoms with Gasteiger partial charge in [-0.25, -0.2) is 0 Å². The minimum atomic E-state index is 0.0959. The van der Waals surface area contributed by atoms with Crippen LogP contribution < -0.4 is 5.73 Å². The molecule has 0 unspecified atom stereocenters. The van der Waals surface area contributed by atoms with Crippen molar-refractivity contribution in [3.8, 4) is 0 Å². The zero-order valence-electron chi connectivity index (χ0n) is 7.51. The Labute approximate surface area is 86.3 Å². The van der Waals surface area contributed by atoms with Crippen LogP contribution in [0, 0.1) is 0 Å². The van der Waals surface area contributed by atoms with E-state index in [1.807, 2.05) is 19.1 Å². The Kier molecular flexibility index (Phi) is 3.48. The van der Waals surface area contributed by atoms with Crippen LogP contribution in [0.4, 0.5) is 5.69 Å². The molecule has 13 heavy (non-hydrogen) atoms. The van der Waals surface area contributed by atoms with E-state index in [4.69, 9.17) is 5.73 Å². The molecular weight excluding hydrogens is 230 g/mol. The number of hydrogen-bond donors (Lipinski definition) is 1. The van der Waals surface area contributed by atoms with Crippen LogP contribution in [0.25, 0.3) is 0 Å². The van der Waals surface area contributed by atoms with Crippen molar-refractivity contribution in [3.05, 3.63) is 29.3 Å². The molecule has 0 aliphatic carbocycles. The van der Waals surface area contributed by atoms with E-state index in [2.05, 4.69) is 15.9 Å². The summed E-state index contributed by atoms with van der Waals surface area (Å²) in [5, 5.41) is 0.762. The number of Topliss-reactive ketones (excluding diaryl/α,β-unsaturated/α-hetero) is 1. The van der Waals surface area contributed by atoms with Gasteiger partial charge in [-0.2, -0.15) is 0 Å². The maximum Gasteiger partial charge on any atom is 0.164 e. The van der Waals surface area contributed by atoms with Gasteiger partial charge in [-0.1, -0.05) is 28.9 Å². The molecule has 1 aromatic rings. The molecule has 2 N–H and O–H groups in total. The molecule has 0 atom stereocenters. The molecule has 0 aromatic heterocycles. The number of carbonyl (C=O) groups is 1. The lowest BCUT2D eigenvalue weighted by Gasteiger charge is -2.04. The molecule has 0 spiro atoms. The van der Waals surface area contributed by atoms with Gasteiger partial charge >= 0.3 is 0 Å². The summed E-state index contributed by atoms with van der Waals surface area (Å²) in [5.41, 5.74) is 8.02. The Morgan fingerprint density at radius 3 is 2.69 bits per heavy atom. The number of benzene rings is 1. The molecule has 0 bridgehead atoms. The Morgan fingerprint density at radius 2 is 2.23 bits per heavy atom. The SMILES string of the molecule is CCC(=O)c1ccc(CBr)cc1N. The maximum atomic E-state index is 11.3. The molecule has 0 aliphatic heterocycles. The second-order valence-electron chi connectivity index (χ2n) is 2.83. The molecule has 0 saturated carbocycles. The van der Waals surface area contributed by atoms with Gasteiger partial charge in [0.15, 0.2) is 5.78 Å². The Hall–Kier alpha value is -0.830. The Morgan fingerprint density at radius 1 is 1.54 bits per heavy atom. The number of rotatable bonds is 3. The smallest absolute Gasteiger partial charge is 0.164 e. The van der Waals surface area contributed by atoms with Crippen LogP contribution in [-0.4, -0.2) is 5.78 Å². The van der Waals surface area contributed by atoms with E-state index in [1.54, 1.807) is 6.07 Å². The van der Waals surface area contributed by atoms with E-state index in [9.17, 15) is 4.79 Å². The third kappa shape index (κ3) is 2.31. The fourth-order valence-corrected chi connectivity index (χ4v) is 1.49. The lowest BCUT2D eigenvalue weighted by atomic mass is 10.0. The van der Waals surface area contributed by atoms with Crippen LogP contribution in [0.3, 0.4) is 0 Å². The number of ketones is 1. The lowest BCUT2D eigenvalue weighted by Crippen LogP contribution is -2.02. The highest BCUT2D eigenvalue weighted by Gasteiger charge is 2.07. The van der Waals surface area contributed by atoms with Crippen LogP contribution in [0.1, 0.15) is 29.3 Å². The van der Waals surface area contributed by atoms with Crippen molar-refractivity contribution in [3.63, 3.8) is 0 Å². The van der Waals surface area contributed by atoms with Crippen molar-refractivity contribution in [1.29, 1.82) is 0 Å². The predicted octanol–water partition coefficient (Wildman–Crippen LogP) is 2.76. The molecule has 0 amide bonds. The van der Waals surface area contributed by atoms with Crippen LogP contribution in [-0.2, 0) is 5.33 Å². The van der Waals surface area contributed by atoms with E-state index < -0.39 is 0 Å². The first-order valence-electron chi connectivity index (χ1n) is 4.16. The van der Waals surface area contributed by atoms with Crippen LogP contribution >= 0.6 is 15.9 Å². The molecule has 0 radical (unpaired) electrons. The third-order valence-corrected chi connectivity index (χ3v) is 2.54. The predicted molar refractivity (Wildman–Crippen MR) is 58.1 cm³/mol. The molecule has 0 saturated heterocycles. The van der Waals surface area contributed by atoms with E-state index in [0.29, 0.717) is 17.7 Å². The second kappa shape index (κ2) is 4.42. The lowest BCUT2D eigenvalue weighted by molar-refractivity contribution is 0.0989. The standard InChI is InChI=1S/C10H12BrNO/c1-2-10(13)8-4-3-7(6-11)5-9(8)12/h3-5H,2,6,12H2,1H3. The molecular formula is C10H12BrNO. The molecule has 2 nitrogen and oxygen atoms in total. The van der Waals surface area contributed by atoms with E-state index in [-0.39, 0.29) is 5.78 Å². The molecule has 70 valence electrons. The Bertz CT molecular complexity index is 323. The number of nitrogens with two attached hydrogens (primary N) is 1. The summed E-state index contributed by atoms with van der Waals surface area (Å²) < 4.78 is 0. The maximum absolute atomic E-state index is 11.3. The topological polar surface area (TPSA) is 43.1 Å². The molecule has 1 aromatic carbocycles. The monoisotopic (exact) mass is 241 g/mol. The van der Waals surface area contributed by atoms with Crippen molar-refractivity contribution in [2.45, 2.75) is 18.7 Å². The summed E-state index contributed by atoms with van der Waals surface area (Å²) in [7, 11) is 0. The number of hydrogen-bond acceptors (Lipinski definition) is 2. The van der Waals surface area contributed by atoms with Crippen LogP contribution in [0.15, 0.2) is 18.2 Å². The Balaban J connectivity index is 3.05. The first-order chi connectivity index (χ1) is 6.19. The van der Waals surface area contributed by atoms with Crippen molar-refractivity contribution >= 4 is 27.4 Å². The van der Waals surface area contributed by atoms with Gasteiger partial charge in [-0.05, 0) is 17.7 Å². The van der Waals surface area contributed by atoms with Gasteiger partial charge in [0.1, 0.15) is 0 Å². The summed E-state index contributed by atoms with van der Waals surface area (Å²) in [5.74, 6) is 0.0959. The summed E-state index contributed by atoms with van der Waals surface area (Å²) in [6, 6.07) is 5.53. The average Bonchev–Trinajstić information content (AvgIpc) is 2.16. The molecule has 3 heteroatoms. The highest BCUT2D eigenvalue weighted by Crippen LogP contribution is 2.17. The van der Waals surface area contributed by atoms with Gasteiger partial charge in [0.05, 0.1) is 0 Å². The highest BCUT2D eigenvalue weighted by molar-refractivity contribution is 9.08. The summed E-state index contributed by atoms with van der Waals surface area (Å²) >= 11 is 3.33. The molecule has 1 rings (SSSR count). The quantitative estimate of drug-likeness (QED) is 0.503. The van der Waals surface area contributed by atoms with Gasteiger partial charge < -0.3 is 5.73 Å². The average molecular weight is 242 g/mol. The van der Waals surface area contributed by atoms with Gasteiger partial charge in [0.25, 0.3) is 0 Å². The molecule has 0 fully saturated rings. The zero-order valence-corrected chi connectivity index (χ0v) is 9.10. The number of carbonyl (C=O) groups excluding carboxylic acids is 1. The number of alkyl halides is 1. The summed E-state index contributed by atoms with van der Waals surface area (Å²) in [6.07, 6.45) is 0.498. The molecule has 0 aliphatic rings. The molecule has 0 heterocycles. The summed E-state index contributed by atoms with van der Waals surface area (Å²) in [6.45, 7) is 1.83. The number of halogens is 1. The van der Waals surface area contributed by atoms with Gasteiger partial charge in [-0.3, -0.25) is 4.79 Å². The second-order valence-corrected chi connectivity index (χ2v) is 3.39. The minimum Gasteiger partial charge on any atom is -0.398 e. The van der Waals surface area contributed by atoms with Gasteiger partial charge in [-0.15, -0.1) is 0 Å². The number of nitrogen functional groups attached to an aromatic ring is 1. The van der Waals surface area contributed by atoms with Crippen molar-refractivity contribution < 1.29 is 4.79 Å². The first-order valence-corrected chi connectivity index (χ1v) is 5.28. The van der Waals surface area contributed by atoms with Crippen molar-refractivity contribution in [2.24, 2.45) is 0 Å². The first kappa shape index (κ1) is 10.3. The van der Waals surface area contributed by atoms with Crippen LogP contribution in [0.5, 0.6) is 0 Å². The van der Waals surface area contributed by atoms with Crippen molar-refractivity contribution in [2.75, 3.05) is 5.73 Å². The van der Waals surface area contributed by atoms with E-state index in [1.165, 1.54) is 0 Å². The largest absolute Gasteiger partial charge is 0.398 e. The highest BCUT2D eigenvalue weighted by atomic mass is 79.9. The minimum absolute atomic E-state index is 0.0959. The third-order valence-electron chi connectivity index (χ3n) is 1.89. The van der Waals surface area contributed by atoms with Crippen molar-refractivity contribution in [1.82, 2.24) is 0 Å². The zero-order chi connectivity index (χ0) is 9.84. The fourth-order valence-electron chi connectivity index (χ4n) is 1.14. The fraction of sp³-hybridized carbons (Fsp3) is 0.300. The van der Waals surface area contributed by atoms with Gasteiger partial charge in [0.2, 0.25) is 0 Å². The van der Waals surface area contributed by atoms with E-state index in [0.717, 1.165) is 10.9 Å². The number of anilines is 1.